The Morgan fingerprint density at radius 3 is 2.76 bits per heavy atom. The van der Waals surface area contributed by atoms with Gasteiger partial charge >= 0.3 is 5.97 Å². The monoisotopic (exact) mass is 311 g/mol. The van der Waals surface area contributed by atoms with Crippen molar-refractivity contribution in [1.82, 2.24) is 0 Å². The topological polar surface area (TPSA) is 55.8 Å². The zero-order chi connectivity index (χ0) is 15.6. The molecule has 0 aromatic heterocycles. The van der Waals surface area contributed by atoms with Crippen LogP contribution in [0.5, 0.6) is 0 Å². The average Bonchev–Trinajstić information content (AvgIpc) is 2.85. The number of halogens is 1. The summed E-state index contributed by atoms with van der Waals surface area (Å²) in [5.74, 6) is -0.557. The summed E-state index contributed by atoms with van der Waals surface area (Å²) >= 11 is 6.17. The molecule has 1 aromatic carbocycles. The molecular weight excluding hydrogens is 294 g/mol. The maximum absolute atomic E-state index is 12.4. The van der Waals surface area contributed by atoms with E-state index >= 15 is 0 Å². The zero-order valence-corrected chi connectivity index (χ0v) is 13.1. The van der Waals surface area contributed by atoms with Crippen molar-refractivity contribution in [3.63, 3.8) is 0 Å². The summed E-state index contributed by atoms with van der Waals surface area (Å²) in [4.78, 5) is 25.3. The van der Waals surface area contributed by atoms with E-state index in [0.29, 0.717) is 23.6 Å². The highest BCUT2D eigenvalue weighted by Gasteiger charge is 2.35. The van der Waals surface area contributed by atoms with Gasteiger partial charge < -0.3 is 9.47 Å². The first-order valence-corrected chi connectivity index (χ1v) is 7.09. The van der Waals surface area contributed by atoms with E-state index in [2.05, 4.69) is 0 Å². The van der Waals surface area contributed by atoms with Gasteiger partial charge in [0.2, 0.25) is 0 Å². The first kappa shape index (κ1) is 15.8. The largest absolute Gasteiger partial charge is 0.441 e. The minimum Gasteiger partial charge on any atom is -0.441 e. The molecule has 114 valence electrons. The zero-order valence-electron chi connectivity index (χ0n) is 12.3. The van der Waals surface area contributed by atoms with Crippen molar-refractivity contribution in [2.75, 3.05) is 18.6 Å². The number of methoxy groups -OCH3 is 1. The van der Waals surface area contributed by atoms with Crippen molar-refractivity contribution in [3.8, 4) is 0 Å². The molecule has 0 bridgehead atoms. The molecular formula is C15H18ClNO4. The number of benzene rings is 1. The molecule has 1 fully saturated rings. The maximum Gasteiger partial charge on any atom is 0.307 e. The summed E-state index contributed by atoms with van der Waals surface area (Å²) in [6.45, 7) is 3.65. The highest BCUT2D eigenvalue weighted by atomic mass is 35.5. The van der Waals surface area contributed by atoms with Crippen molar-refractivity contribution in [2.24, 2.45) is 0 Å². The molecule has 5 nitrogen and oxygen atoms in total. The van der Waals surface area contributed by atoms with Crippen molar-refractivity contribution in [1.29, 1.82) is 0 Å². The number of amides is 1. The van der Waals surface area contributed by atoms with Gasteiger partial charge in [0.05, 0.1) is 12.1 Å². The molecule has 1 aliphatic heterocycles. The highest BCUT2D eigenvalue weighted by molar-refractivity contribution is 6.31. The van der Waals surface area contributed by atoms with Crippen molar-refractivity contribution < 1.29 is 19.1 Å². The first-order chi connectivity index (χ1) is 9.95. The lowest BCUT2D eigenvalue weighted by molar-refractivity contribution is -0.142. The molecule has 1 heterocycles. The second-order valence-electron chi connectivity index (χ2n) is 5.02. The number of cyclic esters (lactones) is 1. The van der Waals surface area contributed by atoms with Crippen LogP contribution >= 0.6 is 11.6 Å². The molecule has 21 heavy (non-hydrogen) atoms. The van der Waals surface area contributed by atoms with Gasteiger partial charge in [0.15, 0.2) is 6.23 Å². The lowest BCUT2D eigenvalue weighted by atomic mass is 10.1. The van der Waals surface area contributed by atoms with E-state index in [1.807, 2.05) is 19.9 Å². The standard InChI is InChI=1S/C15H18ClNO4/c1-9-4-5-11(16)10(2)15(9)17(12(18)8-20-3)13-6-7-14(19)21-13/h4-5,13H,6-8H2,1-3H3. The van der Waals surface area contributed by atoms with E-state index in [-0.39, 0.29) is 18.5 Å². The number of carbonyl (C=O) groups is 2. The molecule has 0 spiro atoms. The summed E-state index contributed by atoms with van der Waals surface area (Å²) < 4.78 is 10.2. The average molecular weight is 312 g/mol. The van der Waals surface area contributed by atoms with Gasteiger partial charge in [-0.3, -0.25) is 14.5 Å². The molecule has 1 aliphatic rings. The fraction of sp³-hybridized carbons (Fsp3) is 0.467. The quantitative estimate of drug-likeness (QED) is 0.802. The lowest BCUT2D eigenvalue weighted by Gasteiger charge is -2.30. The molecule has 0 radical (unpaired) electrons. The van der Waals surface area contributed by atoms with Crippen molar-refractivity contribution >= 4 is 29.2 Å². The Kier molecular flexibility index (Phi) is 4.85. The molecule has 0 N–H and O–H groups in total. The number of esters is 1. The van der Waals surface area contributed by atoms with Crippen LogP contribution < -0.4 is 4.90 Å². The highest BCUT2D eigenvalue weighted by Crippen LogP contribution is 2.34. The molecule has 1 saturated heterocycles. The van der Waals surface area contributed by atoms with Gasteiger partial charge in [-0.05, 0) is 31.0 Å². The number of carbonyl (C=O) groups excluding carboxylic acids is 2. The van der Waals surface area contributed by atoms with E-state index in [9.17, 15) is 9.59 Å². The van der Waals surface area contributed by atoms with Gasteiger partial charge in [-0.25, -0.2) is 0 Å². The fourth-order valence-corrected chi connectivity index (χ4v) is 2.65. The van der Waals surface area contributed by atoms with E-state index in [1.54, 1.807) is 6.07 Å². The van der Waals surface area contributed by atoms with Gasteiger partial charge in [-0.2, -0.15) is 0 Å². The molecule has 0 saturated carbocycles. The Hall–Kier alpha value is -1.59. The predicted octanol–water partition coefficient (Wildman–Crippen LogP) is 2.60. The molecule has 6 heteroatoms. The molecule has 1 aromatic rings. The van der Waals surface area contributed by atoms with Crippen LogP contribution in [0, 0.1) is 13.8 Å². The molecule has 1 atom stereocenters. The Balaban J connectivity index is 2.47. The van der Waals surface area contributed by atoms with Gasteiger partial charge in [0.1, 0.15) is 6.61 Å². The van der Waals surface area contributed by atoms with Gasteiger partial charge in [0.25, 0.3) is 5.91 Å². The maximum atomic E-state index is 12.4. The van der Waals surface area contributed by atoms with Crippen LogP contribution in [0.2, 0.25) is 5.02 Å². The van der Waals surface area contributed by atoms with Crippen molar-refractivity contribution in [3.05, 3.63) is 28.3 Å². The first-order valence-electron chi connectivity index (χ1n) is 6.72. The number of anilines is 1. The number of aryl methyl sites for hydroxylation is 1. The Labute approximate surface area is 128 Å². The van der Waals surface area contributed by atoms with Gasteiger partial charge in [-0.1, -0.05) is 17.7 Å². The van der Waals surface area contributed by atoms with Crippen molar-refractivity contribution in [2.45, 2.75) is 32.9 Å². The van der Waals surface area contributed by atoms with Crippen LogP contribution in [0.3, 0.4) is 0 Å². The van der Waals surface area contributed by atoms with Crippen LogP contribution in [-0.4, -0.2) is 31.8 Å². The lowest BCUT2D eigenvalue weighted by Crippen LogP contribution is -2.43. The van der Waals surface area contributed by atoms with Gasteiger partial charge in [-0.15, -0.1) is 0 Å². The third-order valence-electron chi connectivity index (χ3n) is 3.49. The molecule has 1 unspecified atom stereocenters. The Morgan fingerprint density at radius 1 is 1.48 bits per heavy atom. The number of ether oxygens (including phenoxy) is 2. The molecule has 0 aliphatic carbocycles. The Bertz CT molecular complexity index is 573. The fourth-order valence-electron chi connectivity index (χ4n) is 2.50. The minimum atomic E-state index is -0.601. The second kappa shape index (κ2) is 6.45. The number of rotatable bonds is 4. The van der Waals surface area contributed by atoms with Crippen LogP contribution in [0.15, 0.2) is 12.1 Å². The summed E-state index contributed by atoms with van der Waals surface area (Å²) in [6.07, 6.45) is 0.177. The van der Waals surface area contributed by atoms with Gasteiger partial charge in [0, 0.05) is 18.6 Å². The summed E-state index contributed by atoms with van der Waals surface area (Å²) in [5, 5.41) is 0.565. The van der Waals surface area contributed by atoms with Crippen LogP contribution in [0.1, 0.15) is 24.0 Å². The van der Waals surface area contributed by atoms with Crippen LogP contribution in [0.25, 0.3) is 0 Å². The third-order valence-corrected chi connectivity index (χ3v) is 3.90. The SMILES string of the molecule is COCC(=O)N(c1c(C)ccc(Cl)c1C)C1CCC(=O)O1. The number of hydrogen-bond acceptors (Lipinski definition) is 4. The predicted molar refractivity (Wildman–Crippen MR) is 79.4 cm³/mol. The molecule has 1 amide bonds. The summed E-state index contributed by atoms with van der Waals surface area (Å²) in [7, 11) is 1.45. The third kappa shape index (κ3) is 3.19. The van der Waals surface area contributed by atoms with Crippen LogP contribution in [0.4, 0.5) is 5.69 Å². The smallest absolute Gasteiger partial charge is 0.307 e. The van der Waals surface area contributed by atoms with E-state index in [4.69, 9.17) is 21.1 Å². The summed E-state index contributed by atoms with van der Waals surface area (Å²) in [5.41, 5.74) is 2.36. The van der Waals surface area contributed by atoms with Crippen LogP contribution in [-0.2, 0) is 19.1 Å². The summed E-state index contributed by atoms with van der Waals surface area (Å²) in [6, 6.07) is 3.63. The minimum absolute atomic E-state index is 0.0839. The Morgan fingerprint density at radius 2 is 2.19 bits per heavy atom. The number of nitrogens with zero attached hydrogens (tertiary/aromatic N) is 1. The van der Waals surface area contributed by atoms with E-state index < -0.39 is 6.23 Å². The second-order valence-corrected chi connectivity index (χ2v) is 5.43. The van der Waals surface area contributed by atoms with E-state index in [0.717, 1.165) is 11.1 Å². The normalized spacial score (nSPS) is 17.7. The molecule has 2 rings (SSSR count). The number of hydrogen-bond donors (Lipinski definition) is 0. The van der Waals surface area contributed by atoms with E-state index in [1.165, 1.54) is 12.0 Å².